The van der Waals surface area contributed by atoms with Crippen LogP contribution in [0.1, 0.15) is 85.5 Å². The van der Waals surface area contributed by atoms with Crippen LogP contribution in [0.2, 0.25) is 0 Å². The highest BCUT2D eigenvalue weighted by atomic mass is 16.5. The molecule has 1 nitrogen and oxygen atoms in total. The maximum Gasteiger partial charge on any atom is 0.0689 e. The Morgan fingerprint density at radius 3 is 2.28 bits per heavy atom. The molecule has 0 saturated heterocycles. The van der Waals surface area contributed by atoms with Crippen LogP contribution in [0.4, 0.5) is 0 Å². The predicted octanol–water partition coefficient (Wildman–Crippen LogP) is 5.64. The maximum atomic E-state index is 6.45. The van der Waals surface area contributed by atoms with E-state index in [1.807, 2.05) is 0 Å². The van der Waals surface area contributed by atoms with Crippen molar-refractivity contribution in [1.29, 1.82) is 0 Å². The van der Waals surface area contributed by atoms with Gasteiger partial charge in [0.25, 0.3) is 0 Å². The standard InChI is InChI=1S/C17H32O/c1-5-6-7-8-10-13-17(18-16(2,3)4)14-11-9-12-15-17/h6-7H,5,8-15H2,1-4H3/b7-6+. The molecule has 0 amide bonds. The van der Waals surface area contributed by atoms with Crippen molar-refractivity contribution in [1.82, 2.24) is 0 Å². The zero-order valence-corrected chi connectivity index (χ0v) is 12.9. The molecule has 0 heterocycles. The third kappa shape index (κ3) is 6.04. The second kappa shape index (κ2) is 7.33. The molecule has 1 rings (SSSR count). The molecule has 0 N–H and O–H groups in total. The van der Waals surface area contributed by atoms with Crippen LogP contribution in [0, 0.1) is 0 Å². The van der Waals surface area contributed by atoms with Crippen molar-refractivity contribution in [2.24, 2.45) is 0 Å². The molecular formula is C17H32O. The van der Waals surface area contributed by atoms with Gasteiger partial charge >= 0.3 is 0 Å². The van der Waals surface area contributed by atoms with Gasteiger partial charge in [-0.15, -0.1) is 0 Å². The van der Waals surface area contributed by atoms with Gasteiger partial charge in [-0.3, -0.25) is 0 Å². The average molecular weight is 252 g/mol. The van der Waals surface area contributed by atoms with Gasteiger partial charge in [0.1, 0.15) is 0 Å². The Labute approximate surface area is 114 Å². The molecule has 1 fully saturated rings. The van der Waals surface area contributed by atoms with Gasteiger partial charge < -0.3 is 4.74 Å². The third-order valence-electron chi connectivity index (χ3n) is 3.69. The Kier molecular flexibility index (Phi) is 6.42. The van der Waals surface area contributed by atoms with Gasteiger partial charge in [0.05, 0.1) is 11.2 Å². The lowest BCUT2D eigenvalue weighted by Crippen LogP contribution is -2.41. The van der Waals surface area contributed by atoms with Gasteiger partial charge in [-0.2, -0.15) is 0 Å². The molecule has 1 aliphatic rings. The summed E-state index contributed by atoms with van der Waals surface area (Å²) in [7, 11) is 0. The van der Waals surface area contributed by atoms with Gasteiger partial charge in [-0.1, -0.05) is 38.3 Å². The van der Waals surface area contributed by atoms with E-state index in [1.54, 1.807) is 0 Å². The molecule has 18 heavy (non-hydrogen) atoms. The van der Waals surface area contributed by atoms with Crippen LogP contribution in [0.3, 0.4) is 0 Å². The van der Waals surface area contributed by atoms with Crippen molar-refractivity contribution in [3.63, 3.8) is 0 Å². The molecule has 1 aliphatic carbocycles. The fraction of sp³-hybridized carbons (Fsp3) is 0.882. The molecule has 1 saturated carbocycles. The van der Waals surface area contributed by atoms with Crippen molar-refractivity contribution >= 4 is 0 Å². The van der Waals surface area contributed by atoms with Crippen LogP contribution in [0.5, 0.6) is 0 Å². The van der Waals surface area contributed by atoms with Gasteiger partial charge in [0.15, 0.2) is 0 Å². The molecule has 1 heteroatoms. The van der Waals surface area contributed by atoms with Crippen molar-refractivity contribution in [2.45, 2.75) is 96.7 Å². The van der Waals surface area contributed by atoms with E-state index < -0.39 is 0 Å². The zero-order chi connectivity index (χ0) is 13.5. The van der Waals surface area contributed by atoms with Crippen LogP contribution in [0.25, 0.3) is 0 Å². The molecule has 0 aromatic rings. The first-order valence-electron chi connectivity index (χ1n) is 7.83. The summed E-state index contributed by atoms with van der Waals surface area (Å²) in [4.78, 5) is 0. The normalized spacial score (nSPS) is 20.4. The number of hydrogen-bond acceptors (Lipinski definition) is 1. The molecule has 0 aromatic heterocycles. The molecule has 0 radical (unpaired) electrons. The van der Waals surface area contributed by atoms with Crippen LogP contribution in [-0.2, 0) is 4.74 Å². The largest absolute Gasteiger partial charge is 0.369 e. The van der Waals surface area contributed by atoms with Gasteiger partial charge in [0, 0.05) is 0 Å². The minimum absolute atomic E-state index is 0.00338. The van der Waals surface area contributed by atoms with Crippen molar-refractivity contribution < 1.29 is 4.74 Å². The monoisotopic (exact) mass is 252 g/mol. The van der Waals surface area contributed by atoms with E-state index in [0.29, 0.717) is 0 Å². The SMILES string of the molecule is CC/C=C/CCCC1(OC(C)(C)C)CCCCC1. The summed E-state index contributed by atoms with van der Waals surface area (Å²) < 4.78 is 6.45. The summed E-state index contributed by atoms with van der Waals surface area (Å²) in [5.41, 5.74) is 0.174. The lowest BCUT2D eigenvalue weighted by Gasteiger charge is -2.42. The van der Waals surface area contributed by atoms with Gasteiger partial charge in [0.2, 0.25) is 0 Å². The zero-order valence-electron chi connectivity index (χ0n) is 12.9. The fourth-order valence-corrected chi connectivity index (χ4v) is 3.08. The van der Waals surface area contributed by atoms with E-state index in [4.69, 9.17) is 4.74 Å². The molecule has 0 aliphatic heterocycles. The predicted molar refractivity (Wildman–Crippen MR) is 79.9 cm³/mol. The highest BCUT2D eigenvalue weighted by Crippen LogP contribution is 2.38. The van der Waals surface area contributed by atoms with Gasteiger partial charge in [-0.05, 0) is 59.3 Å². The quantitative estimate of drug-likeness (QED) is 0.439. The second-order valence-electron chi connectivity index (χ2n) is 6.73. The van der Waals surface area contributed by atoms with Crippen LogP contribution >= 0.6 is 0 Å². The molecule has 0 bridgehead atoms. The topological polar surface area (TPSA) is 9.23 Å². The number of rotatable bonds is 6. The van der Waals surface area contributed by atoms with E-state index in [9.17, 15) is 0 Å². The van der Waals surface area contributed by atoms with Crippen LogP contribution < -0.4 is 0 Å². The molecular weight excluding hydrogens is 220 g/mol. The smallest absolute Gasteiger partial charge is 0.0689 e. The Morgan fingerprint density at radius 2 is 1.72 bits per heavy atom. The first-order valence-corrected chi connectivity index (χ1v) is 7.83. The summed E-state index contributed by atoms with van der Waals surface area (Å²) in [6, 6.07) is 0. The maximum absolute atomic E-state index is 6.45. The number of ether oxygens (including phenoxy) is 1. The summed E-state index contributed by atoms with van der Waals surface area (Å²) >= 11 is 0. The molecule has 0 atom stereocenters. The van der Waals surface area contributed by atoms with E-state index >= 15 is 0 Å². The minimum Gasteiger partial charge on any atom is -0.369 e. The first-order chi connectivity index (χ1) is 8.47. The van der Waals surface area contributed by atoms with Crippen molar-refractivity contribution in [2.75, 3.05) is 0 Å². The first kappa shape index (κ1) is 15.8. The summed E-state index contributed by atoms with van der Waals surface area (Å²) in [6.07, 6.45) is 16.1. The Morgan fingerprint density at radius 1 is 1.06 bits per heavy atom. The number of unbranched alkanes of at least 4 members (excludes halogenated alkanes) is 1. The fourth-order valence-electron chi connectivity index (χ4n) is 3.08. The highest BCUT2D eigenvalue weighted by Gasteiger charge is 2.35. The Bertz CT molecular complexity index is 241. The van der Waals surface area contributed by atoms with Gasteiger partial charge in [-0.25, -0.2) is 0 Å². The molecule has 0 unspecified atom stereocenters. The Hall–Kier alpha value is -0.300. The van der Waals surface area contributed by atoms with Crippen LogP contribution in [0.15, 0.2) is 12.2 Å². The van der Waals surface area contributed by atoms with E-state index in [0.717, 1.165) is 6.42 Å². The third-order valence-corrected chi connectivity index (χ3v) is 3.69. The average Bonchev–Trinajstić information content (AvgIpc) is 2.27. The summed E-state index contributed by atoms with van der Waals surface area (Å²) in [5.74, 6) is 0. The highest BCUT2D eigenvalue weighted by molar-refractivity contribution is 4.88. The summed E-state index contributed by atoms with van der Waals surface area (Å²) in [6.45, 7) is 8.78. The van der Waals surface area contributed by atoms with Crippen LogP contribution in [-0.4, -0.2) is 11.2 Å². The number of hydrogen-bond donors (Lipinski definition) is 0. The van der Waals surface area contributed by atoms with E-state index in [1.165, 1.54) is 51.4 Å². The number of allylic oxidation sites excluding steroid dienone is 2. The second-order valence-corrected chi connectivity index (χ2v) is 6.73. The van der Waals surface area contributed by atoms with E-state index in [2.05, 4.69) is 39.8 Å². The lowest BCUT2D eigenvalue weighted by atomic mass is 9.80. The molecule has 0 spiro atoms. The lowest BCUT2D eigenvalue weighted by molar-refractivity contribution is -0.152. The minimum atomic E-state index is -0.00338. The van der Waals surface area contributed by atoms with Crippen molar-refractivity contribution in [3.8, 4) is 0 Å². The molecule has 106 valence electrons. The molecule has 0 aromatic carbocycles. The van der Waals surface area contributed by atoms with E-state index in [-0.39, 0.29) is 11.2 Å². The van der Waals surface area contributed by atoms with Crippen molar-refractivity contribution in [3.05, 3.63) is 12.2 Å². The summed E-state index contributed by atoms with van der Waals surface area (Å²) in [5, 5.41) is 0. The Balaban J connectivity index is 2.47.